The van der Waals surface area contributed by atoms with Crippen LogP contribution in [-0.4, -0.2) is 11.8 Å². The van der Waals surface area contributed by atoms with Gasteiger partial charge in [0.25, 0.3) is 0 Å². The van der Waals surface area contributed by atoms with Gasteiger partial charge in [-0.1, -0.05) is 40.5 Å². The van der Waals surface area contributed by atoms with E-state index >= 15 is 0 Å². The van der Waals surface area contributed by atoms with Crippen molar-refractivity contribution in [3.8, 4) is 0 Å². The number of benzene rings is 1. The Morgan fingerprint density at radius 3 is 2.63 bits per heavy atom. The Bertz CT molecular complexity index is 530. The fourth-order valence-electron chi connectivity index (χ4n) is 2.78. The molecule has 1 aromatic rings. The van der Waals surface area contributed by atoms with E-state index in [1.54, 1.807) is 0 Å². The van der Waals surface area contributed by atoms with Crippen molar-refractivity contribution >= 4 is 28.2 Å². The van der Waals surface area contributed by atoms with E-state index < -0.39 is 11.8 Å². The Hall–Kier alpha value is -1.29. The van der Waals surface area contributed by atoms with Gasteiger partial charge in [0.15, 0.2) is 11.4 Å². The summed E-state index contributed by atoms with van der Waals surface area (Å²) in [5.74, 6) is 0.657. The predicted octanol–water partition coefficient (Wildman–Crippen LogP) is 4.66. The number of hydrogen-bond acceptors (Lipinski definition) is 3. The fraction of sp³-hybridized carbons (Fsp3) is 0.400. The zero-order chi connectivity index (χ0) is 13.3. The van der Waals surface area contributed by atoms with Gasteiger partial charge >= 0.3 is 6.16 Å². The first-order valence-corrected chi connectivity index (χ1v) is 7.36. The highest BCUT2D eigenvalue weighted by Gasteiger charge is 2.48. The molecule has 1 saturated carbocycles. The third-order valence-corrected chi connectivity index (χ3v) is 4.50. The predicted molar refractivity (Wildman–Crippen MR) is 75.5 cm³/mol. The Morgan fingerprint density at radius 1 is 1.16 bits per heavy atom. The molecule has 1 aliphatic heterocycles. The van der Waals surface area contributed by atoms with Gasteiger partial charge in [-0.05, 0) is 43.4 Å². The van der Waals surface area contributed by atoms with E-state index in [0.29, 0.717) is 5.76 Å². The van der Waals surface area contributed by atoms with Crippen LogP contribution in [0, 0.1) is 0 Å². The van der Waals surface area contributed by atoms with Crippen LogP contribution in [0.5, 0.6) is 0 Å². The molecule has 3 rings (SSSR count). The summed E-state index contributed by atoms with van der Waals surface area (Å²) < 4.78 is 11.7. The summed E-state index contributed by atoms with van der Waals surface area (Å²) in [6.07, 6.45) is 6.40. The van der Waals surface area contributed by atoms with Gasteiger partial charge in [0.1, 0.15) is 0 Å². The van der Waals surface area contributed by atoms with Gasteiger partial charge in [-0.25, -0.2) is 4.79 Å². The minimum atomic E-state index is -0.569. The van der Waals surface area contributed by atoms with Crippen LogP contribution in [0.25, 0.3) is 6.08 Å². The molecule has 19 heavy (non-hydrogen) atoms. The monoisotopic (exact) mass is 322 g/mol. The first-order valence-electron chi connectivity index (χ1n) is 6.57. The second-order valence-corrected chi connectivity index (χ2v) is 5.89. The molecular formula is C15H15BrO3. The molecule has 2 aliphatic rings. The normalized spacial score (nSPS) is 23.4. The molecule has 100 valence electrons. The third-order valence-electron chi connectivity index (χ3n) is 3.77. The molecule has 1 saturated heterocycles. The smallest absolute Gasteiger partial charge is 0.419 e. The summed E-state index contributed by atoms with van der Waals surface area (Å²) in [5.41, 5.74) is 0.477. The second-order valence-electron chi connectivity index (χ2n) is 5.04. The van der Waals surface area contributed by atoms with Crippen LogP contribution >= 0.6 is 15.9 Å². The van der Waals surface area contributed by atoms with Crippen LogP contribution in [0.15, 0.2) is 34.5 Å². The van der Waals surface area contributed by atoms with Crippen molar-refractivity contribution in [1.82, 2.24) is 0 Å². The maximum absolute atomic E-state index is 11.5. The van der Waals surface area contributed by atoms with Crippen LogP contribution in [0.2, 0.25) is 0 Å². The van der Waals surface area contributed by atoms with Gasteiger partial charge in [-0.15, -0.1) is 0 Å². The summed E-state index contributed by atoms with van der Waals surface area (Å²) in [6, 6.07) is 7.87. The molecule has 1 spiro atoms. The second kappa shape index (κ2) is 5.00. The lowest BCUT2D eigenvalue weighted by atomic mass is 9.83. The minimum absolute atomic E-state index is 0.523. The average Bonchev–Trinajstić information content (AvgIpc) is 2.69. The van der Waals surface area contributed by atoms with Crippen molar-refractivity contribution in [3.05, 3.63) is 40.1 Å². The minimum Gasteiger partial charge on any atom is -0.419 e. The van der Waals surface area contributed by atoms with Crippen LogP contribution in [0.3, 0.4) is 0 Å². The third kappa shape index (κ3) is 2.41. The van der Waals surface area contributed by atoms with Gasteiger partial charge in [0.05, 0.1) is 0 Å². The highest BCUT2D eigenvalue weighted by atomic mass is 79.9. The summed E-state index contributed by atoms with van der Waals surface area (Å²) in [5, 5.41) is 0. The van der Waals surface area contributed by atoms with E-state index in [4.69, 9.17) is 9.47 Å². The number of cyclic esters (lactones) is 1. The van der Waals surface area contributed by atoms with Crippen molar-refractivity contribution in [2.45, 2.75) is 37.7 Å². The Labute approximate surface area is 120 Å². The first-order chi connectivity index (χ1) is 9.20. The van der Waals surface area contributed by atoms with Gasteiger partial charge in [0.2, 0.25) is 0 Å². The SMILES string of the molecule is O=C1O/C(=C\c2ccccc2Br)C2(CCCCC2)O1. The lowest BCUT2D eigenvalue weighted by Crippen LogP contribution is -2.32. The van der Waals surface area contributed by atoms with Crippen LogP contribution in [0.4, 0.5) is 4.79 Å². The maximum Gasteiger partial charge on any atom is 0.514 e. The van der Waals surface area contributed by atoms with E-state index in [-0.39, 0.29) is 0 Å². The van der Waals surface area contributed by atoms with E-state index in [2.05, 4.69) is 15.9 Å². The number of rotatable bonds is 1. The summed E-state index contributed by atoms with van der Waals surface area (Å²) in [7, 11) is 0. The van der Waals surface area contributed by atoms with Crippen LogP contribution in [-0.2, 0) is 9.47 Å². The zero-order valence-corrected chi connectivity index (χ0v) is 12.1. The molecule has 2 fully saturated rings. The van der Waals surface area contributed by atoms with E-state index in [1.807, 2.05) is 30.3 Å². The van der Waals surface area contributed by atoms with Gasteiger partial charge < -0.3 is 9.47 Å². The quantitative estimate of drug-likeness (QED) is 0.705. The molecule has 0 radical (unpaired) electrons. The number of carbonyl (C=O) groups excluding carboxylic acids is 1. The van der Waals surface area contributed by atoms with Gasteiger partial charge in [0, 0.05) is 4.47 Å². The molecule has 3 nitrogen and oxygen atoms in total. The largest absolute Gasteiger partial charge is 0.514 e. The van der Waals surface area contributed by atoms with Crippen LogP contribution < -0.4 is 0 Å². The van der Waals surface area contributed by atoms with Gasteiger partial charge in [-0.3, -0.25) is 0 Å². The Morgan fingerprint density at radius 2 is 1.89 bits per heavy atom. The molecule has 0 N–H and O–H groups in total. The van der Waals surface area contributed by atoms with Crippen LogP contribution in [0.1, 0.15) is 37.7 Å². The number of halogens is 1. The van der Waals surface area contributed by atoms with Crippen molar-refractivity contribution in [3.63, 3.8) is 0 Å². The summed E-state index contributed by atoms with van der Waals surface area (Å²) in [4.78, 5) is 11.5. The van der Waals surface area contributed by atoms with E-state index in [0.717, 1.165) is 35.7 Å². The molecule has 1 heterocycles. The van der Waals surface area contributed by atoms with Crippen molar-refractivity contribution in [2.75, 3.05) is 0 Å². The topological polar surface area (TPSA) is 35.5 Å². The van der Waals surface area contributed by atoms with Gasteiger partial charge in [-0.2, -0.15) is 0 Å². The molecule has 4 heteroatoms. The van der Waals surface area contributed by atoms with Crippen molar-refractivity contribution < 1.29 is 14.3 Å². The number of hydrogen-bond donors (Lipinski definition) is 0. The summed E-state index contributed by atoms with van der Waals surface area (Å²) in [6.45, 7) is 0. The lowest BCUT2D eigenvalue weighted by molar-refractivity contribution is 0.0391. The molecule has 0 bridgehead atoms. The molecule has 1 aromatic carbocycles. The maximum atomic E-state index is 11.5. The lowest BCUT2D eigenvalue weighted by Gasteiger charge is -2.30. The van der Waals surface area contributed by atoms with Crippen molar-refractivity contribution in [1.29, 1.82) is 0 Å². The number of carbonyl (C=O) groups is 1. The molecular weight excluding hydrogens is 308 g/mol. The first kappa shape index (κ1) is 12.7. The average molecular weight is 323 g/mol. The standard InChI is InChI=1S/C15H15BrO3/c16-12-7-3-2-6-11(12)10-13-15(19-14(17)18-13)8-4-1-5-9-15/h2-3,6-7,10H,1,4-5,8-9H2/b13-10-. The highest BCUT2D eigenvalue weighted by molar-refractivity contribution is 9.10. The van der Waals surface area contributed by atoms with E-state index in [1.165, 1.54) is 6.42 Å². The molecule has 0 atom stereocenters. The molecule has 1 aliphatic carbocycles. The van der Waals surface area contributed by atoms with Crippen molar-refractivity contribution in [2.24, 2.45) is 0 Å². The molecule has 0 unspecified atom stereocenters. The number of ether oxygens (including phenoxy) is 2. The molecule has 0 aromatic heterocycles. The van der Waals surface area contributed by atoms with E-state index in [9.17, 15) is 4.79 Å². The zero-order valence-electron chi connectivity index (χ0n) is 10.5. The fourth-order valence-corrected chi connectivity index (χ4v) is 3.18. The highest BCUT2D eigenvalue weighted by Crippen LogP contribution is 2.43. The Balaban J connectivity index is 1.98. The Kier molecular flexibility index (Phi) is 3.35. The molecule has 0 amide bonds. The summed E-state index contributed by atoms with van der Waals surface area (Å²) >= 11 is 3.51.